The van der Waals surface area contributed by atoms with E-state index >= 15 is 0 Å². The van der Waals surface area contributed by atoms with Gasteiger partial charge in [-0.1, -0.05) is 0 Å². The first-order valence-corrected chi connectivity index (χ1v) is 3.70. The summed E-state index contributed by atoms with van der Waals surface area (Å²) in [5.41, 5.74) is 0. The van der Waals surface area contributed by atoms with E-state index in [1.807, 2.05) is 0 Å². The van der Waals surface area contributed by atoms with Gasteiger partial charge in [0, 0.05) is 6.61 Å². The lowest BCUT2D eigenvalue weighted by Crippen LogP contribution is -2.40. The number of carboxylic acid groups (broad SMARTS) is 2. The zero-order chi connectivity index (χ0) is 9.14. The summed E-state index contributed by atoms with van der Waals surface area (Å²) >= 11 is 0. The molecule has 0 aromatic heterocycles. The van der Waals surface area contributed by atoms with Gasteiger partial charge in [0.1, 0.15) is 0 Å². The monoisotopic (exact) mass is 174 g/mol. The molecule has 0 aromatic rings. The van der Waals surface area contributed by atoms with Crippen LogP contribution in [0.1, 0.15) is 12.8 Å². The summed E-state index contributed by atoms with van der Waals surface area (Å²) in [4.78, 5) is 21.0. The molecule has 0 bridgehead atoms. The van der Waals surface area contributed by atoms with E-state index in [2.05, 4.69) is 0 Å². The quantitative estimate of drug-likeness (QED) is 0.613. The van der Waals surface area contributed by atoms with Crippen molar-refractivity contribution in [2.45, 2.75) is 18.9 Å². The van der Waals surface area contributed by atoms with Crippen LogP contribution in [0, 0.1) is 5.92 Å². The minimum atomic E-state index is -1.19. The molecule has 2 N–H and O–H groups in total. The summed E-state index contributed by atoms with van der Waals surface area (Å²) in [5, 5.41) is 17.2. The number of ether oxygens (including phenoxy) is 1. The first-order chi connectivity index (χ1) is 5.63. The van der Waals surface area contributed by atoms with Crippen LogP contribution in [0.25, 0.3) is 0 Å². The standard InChI is InChI=1S/C7H10O5/c8-6(9)4-2-1-3-12-5(4)7(10)11/h4-5H,1-3H2,(H,8,9)(H,10,11). The average Bonchev–Trinajstić information content (AvgIpc) is 2.04. The third-order valence-corrected chi connectivity index (χ3v) is 1.88. The Morgan fingerprint density at radius 1 is 1.25 bits per heavy atom. The summed E-state index contributed by atoms with van der Waals surface area (Å²) in [7, 11) is 0. The highest BCUT2D eigenvalue weighted by Gasteiger charge is 2.36. The lowest BCUT2D eigenvalue weighted by molar-refractivity contribution is -0.168. The second-order valence-corrected chi connectivity index (χ2v) is 2.72. The van der Waals surface area contributed by atoms with E-state index < -0.39 is 24.0 Å². The Labute approximate surface area is 68.9 Å². The number of hydrogen-bond acceptors (Lipinski definition) is 3. The van der Waals surface area contributed by atoms with Crippen LogP contribution in [-0.4, -0.2) is 34.9 Å². The maximum absolute atomic E-state index is 10.5. The van der Waals surface area contributed by atoms with E-state index in [0.29, 0.717) is 19.4 Å². The van der Waals surface area contributed by atoms with Crippen LogP contribution in [-0.2, 0) is 14.3 Å². The molecular weight excluding hydrogens is 164 g/mol. The lowest BCUT2D eigenvalue weighted by atomic mass is 9.95. The molecule has 0 saturated carbocycles. The molecule has 12 heavy (non-hydrogen) atoms. The molecule has 0 aromatic carbocycles. The fraction of sp³-hybridized carbons (Fsp3) is 0.714. The van der Waals surface area contributed by atoms with E-state index in [4.69, 9.17) is 14.9 Å². The molecule has 2 unspecified atom stereocenters. The third-order valence-electron chi connectivity index (χ3n) is 1.88. The van der Waals surface area contributed by atoms with Crippen molar-refractivity contribution in [3.05, 3.63) is 0 Å². The van der Waals surface area contributed by atoms with E-state index in [1.165, 1.54) is 0 Å². The van der Waals surface area contributed by atoms with Crippen molar-refractivity contribution in [2.75, 3.05) is 6.61 Å². The minimum Gasteiger partial charge on any atom is -0.481 e. The van der Waals surface area contributed by atoms with Gasteiger partial charge in [0.25, 0.3) is 0 Å². The molecule has 2 atom stereocenters. The van der Waals surface area contributed by atoms with Crippen LogP contribution in [0.4, 0.5) is 0 Å². The Bertz CT molecular complexity index is 178. The molecule has 1 saturated heterocycles. The number of aliphatic carboxylic acids is 2. The van der Waals surface area contributed by atoms with Gasteiger partial charge in [0.05, 0.1) is 5.92 Å². The highest BCUT2D eigenvalue weighted by atomic mass is 16.5. The SMILES string of the molecule is O=C(O)C1CCCOC1C(=O)O. The van der Waals surface area contributed by atoms with Crippen LogP contribution in [0.5, 0.6) is 0 Å². The van der Waals surface area contributed by atoms with E-state index in [-0.39, 0.29) is 0 Å². The molecule has 1 aliphatic rings. The van der Waals surface area contributed by atoms with Crippen molar-refractivity contribution in [3.63, 3.8) is 0 Å². The maximum atomic E-state index is 10.5. The number of rotatable bonds is 2. The lowest BCUT2D eigenvalue weighted by Gasteiger charge is -2.25. The molecule has 0 amide bonds. The fourth-order valence-electron chi connectivity index (χ4n) is 1.28. The molecule has 1 aliphatic heterocycles. The van der Waals surface area contributed by atoms with Gasteiger partial charge in [-0.25, -0.2) is 4.79 Å². The smallest absolute Gasteiger partial charge is 0.333 e. The average molecular weight is 174 g/mol. The number of carboxylic acids is 2. The van der Waals surface area contributed by atoms with Crippen molar-refractivity contribution < 1.29 is 24.5 Å². The van der Waals surface area contributed by atoms with Gasteiger partial charge in [-0.2, -0.15) is 0 Å². The van der Waals surface area contributed by atoms with E-state index in [0.717, 1.165) is 0 Å². The molecule has 1 fully saturated rings. The van der Waals surface area contributed by atoms with Crippen molar-refractivity contribution in [2.24, 2.45) is 5.92 Å². The molecule has 0 radical (unpaired) electrons. The highest BCUT2D eigenvalue weighted by molar-refractivity contribution is 5.81. The normalized spacial score (nSPS) is 29.7. The Morgan fingerprint density at radius 2 is 1.92 bits per heavy atom. The Kier molecular flexibility index (Phi) is 2.65. The summed E-state index contributed by atoms with van der Waals surface area (Å²) in [6.07, 6.45) is -0.177. The van der Waals surface area contributed by atoms with Crippen LogP contribution in [0.2, 0.25) is 0 Å². The minimum absolute atomic E-state index is 0.334. The van der Waals surface area contributed by atoms with Gasteiger partial charge >= 0.3 is 11.9 Å². The van der Waals surface area contributed by atoms with Crippen molar-refractivity contribution in [1.82, 2.24) is 0 Å². The Hall–Kier alpha value is -1.10. The van der Waals surface area contributed by atoms with Crippen molar-refractivity contribution in [3.8, 4) is 0 Å². The van der Waals surface area contributed by atoms with E-state index in [9.17, 15) is 9.59 Å². The van der Waals surface area contributed by atoms with Crippen molar-refractivity contribution >= 4 is 11.9 Å². The molecular formula is C7H10O5. The van der Waals surface area contributed by atoms with Gasteiger partial charge in [-0.3, -0.25) is 4.79 Å². The molecule has 5 nitrogen and oxygen atoms in total. The first-order valence-electron chi connectivity index (χ1n) is 3.70. The topological polar surface area (TPSA) is 83.8 Å². The second kappa shape index (κ2) is 3.53. The number of carbonyl (C=O) groups is 2. The molecule has 1 heterocycles. The largest absolute Gasteiger partial charge is 0.481 e. The summed E-state index contributed by atoms with van der Waals surface area (Å²) in [6, 6.07) is 0. The molecule has 0 spiro atoms. The predicted molar refractivity (Wildman–Crippen MR) is 37.7 cm³/mol. The predicted octanol–water partition coefficient (Wildman–Crippen LogP) is -0.0492. The van der Waals surface area contributed by atoms with Gasteiger partial charge in [-0.15, -0.1) is 0 Å². The summed E-state index contributed by atoms with van der Waals surface area (Å²) < 4.78 is 4.83. The van der Waals surface area contributed by atoms with Gasteiger partial charge in [0.15, 0.2) is 6.10 Å². The summed E-state index contributed by atoms with van der Waals surface area (Å²) in [5.74, 6) is -3.18. The maximum Gasteiger partial charge on any atom is 0.333 e. The van der Waals surface area contributed by atoms with Gasteiger partial charge in [0.2, 0.25) is 0 Å². The van der Waals surface area contributed by atoms with E-state index in [1.54, 1.807) is 0 Å². The second-order valence-electron chi connectivity index (χ2n) is 2.72. The van der Waals surface area contributed by atoms with Crippen LogP contribution >= 0.6 is 0 Å². The molecule has 68 valence electrons. The van der Waals surface area contributed by atoms with Gasteiger partial charge < -0.3 is 14.9 Å². The van der Waals surface area contributed by atoms with Crippen LogP contribution in [0.3, 0.4) is 0 Å². The molecule has 5 heteroatoms. The van der Waals surface area contributed by atoms with Crippen molar-refractivity contribution in [1.29, 1.82) is 0 Å². The fourth-order valence-corrected chi connectivity index (χ4v) is 1.28. The molecule has 0 aliphatic carbocycles. The Balaban J connectivity index is 2.67. The number of hydrogen-bond donors (Lipinski definition) is 2. The van der Waals surface area contributed by atoms with Crippen LogP contribution in [0.15, 0.2) is 0 Å². The zero-order valence-electron chi connectivity index (χ0n) is 6.40. The van der Waals surface area contributed by atoms with Gasteiger partial charge in [-0.05, 0) is 12.8 Å². The summed E-state index contributed by atoms with van der Waals surface area (Å²) in [6.45, 7) is 0.334. The molecule has 1 rings (SSSR count). The highest BCUT2D eigenvalue weighted by Crippen LogP contribution is 2.20. The first kappa shape index (κ1) is 8.99. The Morgan fingerprint density at radius 3 is 2.33 bits per heavy atom. The zero-order valence-corrected chi connectivity index (χ0v) is 6.40. The van der Waals surface area contributed by atoms with Crippen LogP contribution < -0.4 is 0 Å². The third kappa shape index (κ3) is 1.73.